The van der Waals surface area contributed by atoms with E-state index in [1.165, 1.54) is 0 Å². The molecular weight excluding hydrogens is 324 g/mol. The van der Waals surface area contributed by atoms with Gasteiger partial charge in [-0.3, -0.25) is 0 Å². The smallest absolute Gasteiger partial charge is 0.183 e. The first-order valence-corrected chi connectivity index (χ1v) is 9.68. The van der Waals surface area contributed by atoms with Crippen LogP contribution in [0.25, 0.3) is 0 Å². The second kappa shape index (κ2) is 7.47. The van der Waals surface area contributed by atoms with Gasteiger partial charge in [-0.25, -0.2) is 8.42 Å². The lowest BCUT2D eigenvalue weighted by Gasteiger charge is -2.14. The number of benzene rings is 2. The summed E-state index contributed by atoms with van der Waals surface area (Å²) in [7, 11) is -3.38. The zero-order chi connectivity index (χ0) is 17.0. The Labute approximate surface area is 143 Å². The van der Waals surface area contributed by atoms with E-state index >= 15 is 0 Å². The summed E-state index contributed by atoms with van der Waals surface area (Å²) in [4.78, 5) is 0.358. The average Bonchev–Trinajstić information content (AvgIpc) is 2.98. The van der Waals surface area contributed by atoms with Crippen LogP contribution in [0.4, 0.5) is 0 Å². The normalized spacial score (nSPS) is 24.1. The van der Waals surface area contributed by atoms with Crippen LogP contribution in [0.5, 0.6) is 0 Å². The van der Waals surface area contributed by atoms with Crippen LogP contribution in [0, 0.1) is 0 Å². The topological polar surface area (TPSA) is 52.6 Å². The van der Waals surface area contributed by atoms with Crippen molar-refractivity contribution >= 4 is 9.84 Å². The van der Waals surface area contributed by atoms with E-state index < -0.39 is 15.1 Å². The van der Waals surface area contributed by atoms with E-state index in [-0.39, 0.29) is 12.2 Å². The Kier molecular flexibility index (Phi) is 5.33. The minimum absolute atomic E-state index is 0.188. The summed E-state index contributed by atoms with van der Waals surface area (Å²) in [5.41, 5.74) is 1.09. The van der Waals surface area contributed by atoms with Gasteiger partial charge in [0.15, 0.2) is 9.84 Å². The van der Waals surface area contributed by atoms with Crippen LogP contribution >= 0.6 is 0 Å². The van der Waals surface area contributed by atoms with Crippen molar-refractivity contribution in [3.05, 3.63) is 66.2 Å². The van der Waals surface area contributed by atoms with E-state index in [0.29, 0.717) is 24.5 Å². The summed E-state index contributed by atoms with van der Waals surface area (Å²) >= 11 is 0. The molecule has 0 spiro atoms. The van der Waals surface area contributed by atoms with Crippen LogP contribution in [-0.4, -0.2) is 32.5 Å². The molecule has 0 N–H and O–H groups in total. The van der Waals surface area contributed by atoms with Gasteiger partial charge in [0.05, 0.1) is 35.6 Å². The molecule has 3 atom stereocenters. The van der Waals surface area contributed by atoms with Crippen molar-refractivity contribution in [2.24, 2.45) is 0 Å². The molecule has 1 fully saturated rings. The fourth-order valence-electron chi connectivity index (χ4n) is 3.05. The Hall–Kier alpha value is -1.69. The van der Waals surface area contributed by atoms with Crippen LogP contribution in [0.15, 0.2) is 65.6 Å². The predicted octanol–water partition coefficient (Wildman–Crippen LogP) is 3.22. The molecule has 4 nitrogen and oxygen atoms in total. The van der Waals surface area contributed by atoms with Crippen LogP contribution in [0.1, 0.15) is 18.9 Å². The van der Waals surface area contributed by atoms with Crippen LogP contribution in [-0.2, 0) is 25.9 Å². The maximum Gasteiger partial charge on any atom is 0.183 e. The van der Waals surface area contributed by atoms with E-state index in [4.69, 9.17) is 9.47 Å². The molecule has 24 heavy (non-hydrogen) atoms. The molecule has 1 saturated heterocycles. The molecule has 0 aliphatic carbocycles. The Bertz CT molecular complexity index is 743. The summed E-state index contributed by atoms with van der Waals surface area (Å²) in [6.07, 6.45) is -0.0552. The molecule has 1 aliphatic heterocycles. The van der Waals surface area contributed by atoms with Gasteiger partial charge < -0.3 is 9.47 Å². The number of hydrogen-bond acceptors (Lipinski definition) is 4. The van der Waals surface area contributed by atoms with Crippen molar-refractivity contribution < 1.29 is 17.9 Å². The number of rotatable bonds is 6. The van der Waals surface area contributed by atoms with Crippen molar-refractivity contribution in [2.75, 3.05) is 6.61 Å². The molecular formula is C19H22O4S. The highest BCUT2D eigenvalue weighted by molar-refractivity contribution is 7.92. The highest BCUT2D eigenvalue weighted by Crippen LogP contribution is 2.30. The fourth-order valence-corrected chi connectivity index (χ4v) is 4.97. The highest BCUT2D eigenvalue weighted by Gasteiger charge is 2.41. The Morgan fingerprint density at radius 1 is 1.04 bits per heavy atom. The Balaban J connectivity index is 1.58. The molecule has 0 radical (unpaired) electrons. The van der Waals surface area contributed by atoms with Crippen molar-refractivity contribution in [2.45, 2.75) is 42.3 Å². The van der Waals surface area contributed by atoms with Gasteiger partial charge in [0.1, 0.15) is 0 Å². The average molecular weight is 346 g/mol. The van der Waals surface area contributed by atoms with Crippen molar-refractivity contribution in [1.82, 2.24) is 0 Å². The van der Waals surface area contributed by atoms with E-state index in [9.17, 15) is 8.42 Å². The quantitative estimate of drug-likeness (QED) is 0.806. The third-order valence-electron chi connectivity index (χ3n) is 4.31. The zero-order valence-electron chi connectivity index (χ0n) is 13.7. The predicted molar refractivity (Wildman–Crippen MR) is 92.5 cm³/mol. The SMILES string of the molecule is C[C@H]1O[C@H](COCc2ccccc2)C[C@@H]1S(=O)(=O)c1ccccc1. The third-order valence-corrected chi connectivity index (χ3v) is 6.61. The van der Waals surface area contributed by atoms with Gasteiger partial charge in [-0.05, 0) is 31.0 Å². The molecule has 0 amide bonds. The largest absolute Gasteiger partial charge is 0.374 e. The minimum atomic E-state index is -3.38. The Morgan fingerprint density at radius 3 is 2.33 bits per heavy atom. The fraction of sp³-hybridized carbons (Fsp3) is 0.368. The second-order valence-corrected chi connectivity index (χ2v) is 8.26. The van der Waals surface area contributed by atoms with Crippen LogP contribution in [0.3, 0.4) is 0 Å². The summed E-state index contributed by atoms with van der Waals surface area (Å²) in [5.74, 6) is 0. The molecule has 0 saturated carbocycles. The lowest BCUT2D eigenvalue weighted by Crippen LogP contribution is -2.28. The standard InChI is InChI=1S/C19H22O4S/c1-15-19(24(20,21)18-10-6-3-7-11-18)12-17(23-15)14-22-13-16-8-4-2-5-9-16/h2-11,15,17,19H,12-14H2,1H3/t15-,17+,19+/m1/s1. The first kappa shape index (κ1) is 17.1. The third kappa shape index (κ3) is 3.86. The summed E-state index contributed by atoms with van der Waals surface area (Å²) in [6.45, 7) is 2.73. The van der Waals surface area contributed by atoms with Gasteiger partial charge in [0.2, 0.25) is 0 Å². The van der Waals surface area contributed by atoms with E-state index in [1.807, 2.05) is 43.3 Å². The van der Waals surface area contributed by atoms with Crippen LogP contribution in [0.2, 0.25) is 0 Å². The lowest BCUT2D eigenvalue weighted by molar-refractivity contribution is -0.0140. The van der Waals surface area contributed by atoms with Gasteiger partial charge in [0, 0.05) is 0 Å². The molecule has 3 rings (SSSR count). The van der Waals surface area contributed by atoms with Gasteiger partial charge in [-0.15, -0.1) is 0 Å². The molecule has 0 aromatic heterocycles. The molecule has 5 heteroatoms. The molecule has 1 aliphatic rings. The van der Waals surface area contributed by atoms with E-state index in [1.54, 1.807) is 24.3 Å². The second-order valence-electron chi connectivity index (χ2n) is 6.10. The Morgan fingerprint density at radius 2 is 1.67 bits per heavy atom. The highest BCUT2D eigenvalue weighted by atomic mass is 32.2. The summed E-state index contributed by atoms with van der Waals surface area (Å²) in [6, 6.07) is 18.5. The van der Waals surface area contributed by atoms with E-state index in [0.717, 1.165) is 5.56 Å². The van der Waals surface area contributed by atoms with Gasteiger partial charge in [-0.1, -0.05) is 48.5 Å². The van der Waals surface area contributed by atoms with Crippen molar-refractivity contribution in [3.63, 3.8) is 0 Å². The maximum atomic E-state index is 12.8. The first-order chi connectivity index (χ1) is 11.6. The summed E-state index contributed by atoms with van der Waals surface area (Å²) < 4.78 is 37.0. The lowest BCUT2D eigenvalue weighted by atomic mass is 10.2. The first-order valence-electron chi connectivity index (χ1n) is 8.13. The maximum absolute atomic E-state index is 12.8. The monoisotopic (exact) mass is 346 g/mol. The van der Waals surface area contributed by atoms with Gasteiger partial charge in [-0.2, -0.15) is 0 Å². The van der Waals surface area contributed by atoms with Crippen molar-refractivity contribution in [1.29, 1.82) is 0 Å². The number of sulfone groups is 1. The van der Waals surface area contributed by atoms with Crippen molar-refractivity contribution in [3.8, 4) is 0 Å². The minimum Gasteiger partial charge on any atom is -0.374 e. The number of ether oxygens (including phenoxy) is 2. The van der Waals surface area contributed by atoms with Gasteiger partial charge in [0.25, 0.3) is 0 Å². The molecule has 128 valence electrons. The van der Waals surface area contributed by atoms with Gasteiger partial charge >= 0.3 is 0 Å². The molecule has 1 heterocycles. The summed E-state index contributed by atoms with van der Waals surface area (Å²) in [5, 5.41) is -0.523. The molecule has 2 aromatic carbocycles. The zero-order valence-corrected chi connectivity index (χ0v) is 14.5. The van der Waals surface area contributed by atoms with Crippen LogP contribution < -0.4 is 0 Å². The van der Waals surface area contributed by atoms with E-state index in [2.05, 4.69) is 0 Å². The molecule has 0 unspecified atom stereocenters. The number of hydrogen-bond donors (Lipinski definition) is 0. The molecule has 0 bridgehead atoms. The molecule has 2 aromatic rings.